The van der Waals surface area contributed by atoms with Crippen molar-refractivity contribution in [1.29, 1.82) is 0 Å². The quantitative estimate of drug-likeness (QED) is 0.258. The number of nitrogen functional groups attached to an aromatic ring is 1. The zero-order chi connectivity index (χ0) is 31.7. The fourth-order valence-electron chi connectivity index (χ4n) is 6.90. The van der Waals surface area contributed by atoms with Crippen molar-refractivity contribution in [3.8, 4) is 11.3 Å². The highest BCUT2D eigenvalue weighted by Gasteiger charge is 2.46. The molecule has 9 nitrogen and oxygen atoms in total. The normalized spacial score (nSPS) is 22.6. The van der Waals surface area contributed by atoms with E-state index in [1.807, 2.05) is 4.90 Å². The summed E-state index contributed by atoms with van der Waals surface area (Å²) >= 11 is 2.86. The molecule has 3 aromatic rings. The molecule has 3 heterocycles. The van der Waals surface area contributed by atoms with Gasteiger partial charge in [-0.3, -0.25) is 9.69 Å². The molecule has 2 aromatic carbocycles. The first-order valence-corrected chi connectivity index (χ1v) is 15.7. The van der Waals surface area contributed by atoms with Crippen LogP contribution in [-0.2, 0) is 21.5 Å². The second-order valence-corrected chi connectivity index (χ2v) is 14.6. The van der Waals surface area contributed by atoms with Crippen molar-refractivity contribution < 1.29 is 23.1 Å². The summed E-state index contributed by atoms with van der Waals surface area (Å²) in [4.78, 5) is 31.1. The maximum Gasteiger partial charge on any atom is 0.411 e. The lowest BCUT2D eigenvalue weighted by atomic mass is 9.66. The van der Waals surface area contributed by atoms with E-state index in [-0.39, 0.29) is 51.6 Å². The zero-order valence-corrected chi connectivity index (χ0v) is 27.1. The third-order valence-electron chi connectivity index (χ3n) is 9.12. The number of aromatic nitrogens is 3. The SMILES string of the molecule is CC(C)(C)OC(=O)N1CC(n2cc(-c3cc(F)c(Br)c(F)c3N)nn2)C[C@@H]1C(=O)N1Cc2cccc3c2C(CCC3(C)C)C1. The van der Waals surface area contributed by atoms with E-state index in [0.29, 0.717) is 13.1 Å². The Balaban J connectivity index is 1.29. The lowest BCUT2D eigenvalue weighted by molar-refractivity contribution is -0.137. The van der Waals surface area contributed by atoms with Crippen molar-refractivity contribution >= 4 is 33.6 Å². The van der Waals surface area contributed by atoms with Gasteiger partial charge in [-0.1, -0.05) is 37.3 Å². The van der Waals surface area contributed by atoms with Crippen LogP contribution in [0.15, 0.2) is 34.9 Å². The highest BCUT2D eigenvalue weighted by molar-refractivity contribution is 9.10. The van der Waals surface area contributed by atoms with Gasteiger partial charge in [0, 0.05) is 37.5 Å². The molecule has 1 aromatic heterocycles. The number of hydrogen-bond acceptors (Lipinski definition) is 6. The summed E-state index contributed by atoms with van der Waals surface area (Å²) in [5.74, 6) is -1.63. The van der Waals surface area contributed by atoms with Crippen LogP contribution in [0.3, 0.4) is 0 Å². The first-order chi connectivity index (χ1) is 20.6. The van der Waals surface area contributed by atoms with Crippen LogP contribution in [0.4, 0.5) is 19.3 Å². The van der Waals surface area contributed by atoms with Gasteiger partial charge in [0.2, 0.25) is 5.91 Å². The smallest absolute Gasteiger partial charge is 0.411 e. The highest BCUT2D eigenvalue weighted by Crippen LogP contribution is 2.47. The molecule has 3 aliphatic rings. The van der Waals surface area contributed by atoms with Crippen molar-refractivity contribution in [2.75, 3.05) is 18.8 Å². The van der Waals surface area contributed by atoms with Gasteiger partial charge >= 0.3 is 6.09 Å². The van der Waals surface area contributed by atoms with E-state index in [9.17, 15) is 18.4 Å². The van der Waals surface area contributed by atoms with Gasteiger partial charge < -0.3 is 15.4 Å². The molecular weight excluding hydrogens is 634 g/mol. The average molecular weight is 672 g/mol. The minimum atomic E-state index is -0.922. The Bertz CT molecular complexity index is 1650. The second-order valence-electron chi connectivity index (χ2n) is 13.8. The third kappa shape index (κ3) is 5.35. The lowest BCUT2D eigenvalue weighted by Crippen LogP contribution is -2.51. The van der Waals surface area contributed by atoms with Gasteiger partial charge in [0.1, 0.15) is 23.2 Å². The summed E-state index contributed by atoms with van der Waals surface area (Å²) in [6, 6.07) is 6.28. The maximum atomic E-state index is 14.5. The molecule has 2 aliphatic heterocycles. The summed E-state index contributed by atoms with van der Waals surface area (Å²) in [5, 5.41) is 8.33. The van der Waals surface area contributed by atoms with Crippen LogP contribution in [-0.4, -0.2) is 61.5 Å². The number of likely N-dealkylation sites (tertiary alicyclic amines) is 1. The number of rotatable bonds is 3. The largest absolute Gasteiger partial charge is 0.444 e. The lowest BCUT2D eigenvalue weighted by Gasteiger charge is -2.44. The molecule has 1 aliphatic carbocycles. The number of hydrogen-bond donors (Lipinski definition) is 1. The molecule has 0 bridgehead atoms. The molecule has 12 heteroatoms. The first-order valence-electron chi connectivity index (χ1n) is 14.9. The number of nitrogens with zero attached hydrogens (tertiary/aromatic N) is 5. The summed E-state index contributed by atoms with van der Waals surface area (Å²) in [5.41, 5.74) is 9.13. The summed E-state index contributed by atoms with van der Waals surface area (Å²) < 4.78 is 35.7. The Labute approximate surface area is 263 Å². The molecule has 0 saturated carbocycles. The molecule has 2 amide bonds. The highest BCUT2D eigenvalue weighted by atomic mass is 79.9. The van der Waals surface area contributed by atoms with Crippen molar-refractivity contribution in [2.24, 2.45) is 0 Å². The minimum absolute atomic E-state index is 0.0612. The van der Waals surface area contributed by atoms with Gasteiger partial charge in [-0.2, -0.15) is 0 Å². The molecule has 2 N–H and O–H groups in total. The Hall–Kier alpha value is -3.54. The van der Waals surface area contributed by atoms with Gasteiger partial charge in [-0.15, -0.1) is 5.10 Å². The fraction of sp³-hybridized carbons (Fsp3) is 0.500. The minimum Gasteiger partial charge on any atom is -0.444 e. The molecule has 2 unspecified atom stereocenters. The number of amides is 2. The van der Waals surface area contributed by atoms with E-state index < -0.39 is 35.4 Å². The number of carbonyl (C=O) groups excluding carboxylic acids is 2. The van der Waals surface area contributed by atoms with Crippen molar-refractivity contribution in [3.63, 3.8) is 0 Å². The van der Waals surface area contributed by atoms with E-state index in [2.05, 4.69) is 58.3 Å². The molecular formula is C32H37BrF2N6O3. The summed E-state index contributed by atoms with van der Waals surface area (Å²) in [6.45, 7) is 11.1. The predicted octanol–water partition coefficient (Wildman–Crippen LogP) is 6.32. The monoisotopic (exact) mass is 670 g/mol. The van der Waals surface area contributed by atoms with Gasteiger partial charge in [0.25, 0.3) is 0 Å². The van der Waals surface area contributed by atoms with Gasteiger partial charge in [-0.05, 0) is 77.7 Å². The van der Waals surface area contributed by atoms with Crippen LogP contribution >= 0.6 is 15.9 Å². The molecule has 0 radical (unpaired) electrons. The van der Waals surface area contributed by atoms with Crippen molar-refractivity contribution in [2.45, 2.75) is 89.4 Å². The third-order valence-corrected chi connectivity index (χ3v) is 9.84. The molecule has 44 heavy (non-hydrogen) atoms. The Morgan fingerprint density at radius 1 is 1.18 bits per heavy atom. The second kappa shape index (κ2) is 10.8. The van der Waals surface area contributed by atoms with E-state index in [4.69, 9.17) is 10.5 Å². The molecule has 3 atom stereocenters. The zero-order valence-electron chi connectivity index (χ0n) is 25.5. The van der Waals surface area contributed by atoms with Gasteiger partial charge in [0.05, 0.1) is 22.4 Å². The Morgan fingerprint density at radius 3 is 2.66 bits per heavy atom. The van der Waals surface area contributed by atoms with E-state index in [1.54, 1.807) is 20.8 Å². The van der Waals surface area contributed by atoms with Crippen LogP contribution in [0.1, 0.15) is 82.5 Å². The Kier molecular flexibility index (Phi) is 7.49. The molecule has 1 fully saturated rings. The number of carbonyl (C=O) groups is 2. The van der Waals surface area contributed by atoms with Crippen molar-refractivity contribution in [1.82, 2.24) is 24.8 Å². The van der Waals surface area contributed by atoms with E-state index in [1.165, 1.54) is 26.9 Å². The molecule has 1 saturated heterocycles. The predicted molar refractivity (Wildman–Crippen MR) is 165 cm³/mol. The number of halogens is 3. The first kappa shape index (κ1) is 30.5. The van der Waals surface area contributed by atoms with Gasteiger partial charge in [-0.25, -0.2) is 18.3 Å². The standard InChI is InChI=1S/C32H37BrF2N6O3/c1-31(2,3)44-30(43)40-15-19(41-16-23(37-38-41)20-12-22(34)26(33)27(35)28(20)36)11-24(40)29(42)39-13-17-7-6-8-21-25(17)18(14-39)9-10-32(21,4)5/h6-8,12,16,18-19,24H,9-11,13-15,36H2,1-5H3/t18?,19?,24-/m1/s1. The van der Waals surface area contributed by atoms with Crippen molar-refractivity contribution in [3.05, 3.63) is 63.3 Å². The van der Waals surface area contributed by atoms with Crippen LogP contribution in [0.5, 0.6) is 0 Å². The number of benzene rings is 2. The van der Waals surface area contributed by atoms with E-state index >= 15 is 0 Å². The number of anilines is 1. The van der Waals surface area contributed by atoms with Crippen LogP contribution in [0.2, 0.25) is 0 Å². The summed E-state index contributed by atoms with van der Waals surface area (Å²) in [6.07, 6.45) is 3.26. The fourth-order valence-corrected chi connectivity index (χ4v) is 7.22. The summed E-state index contributed by atoms with van der Waals surface area (Å²) in [7, 11) is 0. The van der Waals surface area contributed by atoms with Crippen LogP contribution < -0.4 is 5.73 Å². The topological polar surface area (TPSA) is 107 Å². The molecule has 234 valence electrons. The average Bonchev–Trinajstić information content (AvgIpc) is 3.62. The number of ether oxygens (including phenoxy) is 1. The van der Waals surface area contributed by atoms with Crippen LogP contribution in [0, 0.1) is 11.6 Å². The number of nitrogens with two attached hydrogens (primary N) is 1. The van der Waals surface area contributed by atoms with Crippen LogP contribution in [0.25, 0.3) is 11.3 Å². The van der Waals surface area contributed by atoms with Gasteiger partial charge in [0.15, 0.2) is 5.82 Å². The molecule has 0 spiro atoms. The molecule has 6 rings (SSSR count). The Morgan fingerprint density at radius 2 is 1.93 bits per heavy atom. The van der Waals surface area contributed by atoms with E-state index in [0.717, 1.165) is 24.5 Å². The maximum absolute atomic E-state index is 14.5.